The molecule has 0 unspecified atom stereocenters. The van der Waals surface area contributed by atoms with Crippen LogP contribution in [0.1, 0.15) is 48.9 Å². The van der Waals surface area contributed by atoms with Gasteiger partial charge in [0.25, 0.3) is 5.91 Å². The number of carboxylic acid groups (broad SMARTS) is 1. The third kappa shape index (κ3) is 3.45. The van der Waals surface area contributed by atoms with Crippen molar-refractivity contribution in [2.75, 3.05) is 18.4 Å². The van der Waals surface area contributed by atoms with Crippen molar-refractivity contribution in [3.8, 4) is 0 Å². The first-order valence-electron chi connectivity index (χ1n) is 9.97. The largest absolute Gasteiger partial charge is 0.481 e. The van der Waals surface area contributed by atoms with Gasteiger partial charge in [0.15, 0.2) is 0 Å². The number of hydrogen-bond acceptors (Lipinski definition) is 3. The molecule has 2 atom stereocenters. The summed E-state index contributed by atoms with van der Waals surface area (Å²) >= 11 is 0. The third-order valence-electron chi connectivity index (χ3n) is 6.60. The number of hydrogen-bond donors (Lipinski definition) is 2. The van der Waals surface area contributed by atoms with Crippen molar-refractivity contribution in [3.63, 3.8) is 0 Å². The van der Waals surface area contributed by atoms with Crippen LogP contribution < -0.4 is 5.32 Å². The molecule has 1 aromatic rings. The Labute approximate surface area is 158 Å². The van der Waals surface area contributed by atoms with Crippen molar-refractivity contribution >= 4 is 23.5 Å². The summed E-state index contributed by atoms with van der Waals surface area (Å²) in [7, 11) is 0. The summed E-state index contributed by atoms with van der Waals surface area (Å²) in [5, 5.41) is 12.5. The predicted molar refractivity (Wildman–Crippen MR) is 100 cm³/mol. The number of benzene rings is 1. The maximum Gasteiger partial charge on any atom is 0.307 e. The van der Waals surface area contributed by atoms with Gasteiger partial charge in [-0.05, 0) is 74.6 Å². The van der Waals surface area contributed by atoms with Crippen molar-refractivity contribution in [3.05, 3.63) is 29.8 Å². The summed E-state index contributed by atoms with van der Waals surface area (Å²) in [5.74, 6) is -1.78. The molecule has 27 heavy (non-hydrogen) atoms. The summed E-state index contributed by atoms with van der Waals surface area (Å²) in [6.07, 6.45) is 5.81. The average Bonchev–Trinajstić information content (AvgIpc) is 3.23. The molecular formula is C21H26N2O4. The first kappa shape index (κ1) is 18.0. The molecule has 1 heterocycles. The molecular weight excluding hydrogens is 344 g/mol. The van der Waals surface area contributed by atoms with Crippen LogP contribution in [0.5, 0.6) is 0 Å². The topological polar surface area (TPSA) is 86.7 Å². The zero-order valence-electron chi connectivity index (χ0n) is 15.4. The Morgan fingerprint density at radius 1 is 0.889 bits per heavy atom. The van der Waals surface area contributed by atoms with Gasteiger partial charge in [-0.3, -0.25) is 14.4 Å². The Morgan fingerprint density at radius 3 is 2.00 bits per heavy atom. The van der Waals surface area contributed by atoms with Gasteiger partial charge in [-0.25, -0.2) is 0 Å². The van der Waals surface area contributed by atoms with Crippen LogP contribution in [0.15, 0.2) is 24.3 Å². The number of fused-ring (bicyclic) bond motifs is 3. The first-order valence-corrected chi connectivity index (χ1v) is 9.97. The number of nitrogens with one attached hydrogen (secondary N) is 1. The predicted octanol–water partition coefficient (Wildman–Crippen LogP) is 3.00. The van der Waals surface area contributed by atoms with Crippen molar-refractivity contribution in [1.82, 2.24) is 4.90 Å². The first-order chi connectivity index (χ1) is 13.0. The van der Waals surface area contributed by atoms with Gasteiger partial charge in [-0.15, -0.1) is 0 Å². The van der Waals surface area contributed by atoms with Gasteiger partial charge in [-0.2, -0.15) is 0 Å². The van der Waals surface area contributed by atoms with E-state index >= 15 is 0 Å². The van der Waals surface area contributed by atoms with Gasteiger partial charge >= 0.3 is 5.97 Å². The van der Waals surface area contributed by atoms with E-state index in [4.69, 9.17) is 0 Å². The van der Waals surface area contributed by atoms with E-state index in [2.05, 4.69) is 5.32 Å². The second kappa shape index (κ2) is 7.33. The fraction of sp³-hybridized carbons (Fsp3) is 0.571. The summed E-state index contributed by atoms with van der Waals surface area (Å²) in [6.45, 7) is 1.61. The number of carboxylic acids is 1. The Bertz CT molecular complexity index is 731. The van der Waals surface area contributed by atoms with Crippen LogP contribution in [0.4, 0.5) is 5.69 Å². The van der Waals surface area contributed by atoms with Crippen LogP contribution in [0.2, 0.25) is 0 Å². The van der Waals surface area contributed by atoms with Crippen molar-refractivity contribution in [1.29, 1.82) is 0 Å². The van der Waals surface area contributed by atoms with E-state index in [0.29, 0.717) is 11.3 Å². The number of rotatable bonds is 4. The normalized spacial score (nSPS) is 29.6. The van der Waals surface area contributed by atoms with Crippen molar-refractivity contribution in [2.24, 2.45) is 23.7 Å². The van der Waals surface area contributed by atoms with Gasteiger partial charge in [0, 0.05) is 24.3 Å². The molecule has 6 nitrogen and oxygen atoms in total. The number of carbonyl (C=O) groups is 3. The minimum Gasteiger partial charge on any atom is -0.481 e. The van der Waals surface area contributed by atoms with Gasteiger partial charge in [0.2, 0.25) is 5.91 Å². The lowest BCUT2D eigenvalue weighted by atomic mass is 9.58. The summed E-state index contributed by atoms with van der Waals surface area (Å²) < 4.78 is 0. The monoisotopic (exact) mass is 370 g/mol. The van der Waals surface area contributed by atoms with E-state index in [1.165, 1.54) is 0 Å². The van der Waals surface area contributed by atoms with Crippen LogP contribution in [0, 0.1) is 23.7 Å². The standard InChI is InChI=1S/C21H26N2O4/c24-19(17-13-3-5-14(6-4-13)18(17)21(26)27)22-16-9-7-15(8-10-16)20(25)23-11-1-2-12-23/h7-10,13-14,17-18H,1-6,11-12H2,(H,22,24)(H,26,27)/t13?,14?,17-,18+/m0/s1. The lowest BCUT2D eigenvalue weighted by molar-refractivity contribution is -0.156. The van der Waals surface area contributed by atoms with Gasteiger partial charge < -0.3 is 15.3 Å². The maximum absolute atomic E-state index is 12.9. The van der Waals surface area contributed by atoms with E-state index in [1.807, 2.05) is 4.90 Å². The molecule has 1 aromatic carbocycles. The van der Waals surface area contributed by atoms with Crippen LogP contribution in [-0.2, 0) is 9.59 Å². The molecule has 1 saturated heterocycles. The molecule has 4 aliphatic rings. The molecule has 3 saturated carbocycles. The number of anilines is 1. The fourth-order valence-corrected chi connectivity index (χ4v) is 5.21. The number of nitrogens with zero attached hydrogens (tertiary/aromatic N) is 1. The minimum absolute atomic E-state index is 0.0286. The van der Waals surface area contributed by atoms with E-state index in [1.54, 1.807) is 24.3 Å². The third-order valence-corrected chi connectivity index (χ3v) is 6.60. The van der Waals surface area contributed by atoms with Crippen LogP contribution >= 0.6 is 0 Å². The zero-order chi connectivity index (χ0) is 19.0. The number of aliphatic carboxylic acids is 1. The van der Waals surface area contributed by atoms with Gasteiger partial charge in [-0.1, -0.05) is 0 Å². The summed E-state index contributed by atoms with van der Waals surface area (Å²) in [6, 6.07) is 6.94. The Balaban J connectivity index is 1.44. The molecule has 0 radical (unpaired) electrons. The molecule has 1 aliphatic heterocycles. The second-order valence-electron chi connectivity index (χ2n) is 8.13. The van der Waals surface area contributed by atoms with Crippen LogP contribution in [0.25, 0.3) is 0 Å². The van der Waals surface area contributed by atoms with Gasteiger partial charge in [0.05, 0.1) is 11.8 Å². The van der Waals surface area contributed by atoms with Crippen LogP contribution in [-0.4, -0.2) is 40.9 Å². The zero-order valence-corrected chi connectivity index (χ0v) is 15.4. The highest BCUT2D eigenvalue weighted by molar-refractivity contribution is 5.97. The van der Waals surface area contributed by atoms with E-state index in [-0.39, 0.29) is 23.7 Å². The summed E-state index contributed by atoms with van der Waals surface area (Å²) in [5.41, 5.74) is 1.23. The number of amides is 2. The quantitative estimate of drug-likeness (QED) is 0.853. The Hall–Kier alpha value is -2.37. The number of likely N-dealkylation sites (tertiary alicyclic amines) is 1. The highest BCUT2D eigenvalue weighted by Gasteiger charge is 2.50. The van der Waals surface area contributed by atoms with Crippen molar-refractivity contribution < 1.29 is 19.5 Å². The van der Waals surface area contributed by atoms with Crippen LogP contribution in [0.3, 0.4) is 0 Å². The highest BCUT2D eigenvalue weighted by Crippen LogP contribution is 2.49. The SMILES string of the molecule is O=C(O)[C@@H]1C2CCC(CC2)[C@@H]1C(=O)Nc1ccc(C(=O)N2CCCC2)cc1. The molecule has 0 spiro atoms. The average molecular weight is 370 g/mol. The molecule has 2 amide bonds. The van der Waals surface area contributed by atoms with E-state index < -0.39 is 17.8 Å². The second-order valence-corrected chi connectivity index (χ2v) is 8.13. The molecule has 6 heteroatoms. The van der Waals surface area contributed by atoms with E-state index in [9.17, 15) is 19.5 Å². The van der Waals surface area contributed by atoms with E-state index in [0.717, 1.165) is 51.6 Å². The molecule has 144 valence electrons. The molecule has 2 N–H and O–H groups in total. The van der Waals surface area contributed by atoms with Crippen molar-refractivity contribution in [2.45, 2.75) is 38.5 Å². The lowest BCUT2D eigenvalue weighted by Crippen LogP contribution is -2.49. The maximum atomic E-state index is 12.9. The van der Waals surface area contributed by atoms with Gasteiger partial charge in [0.1, 0.15) is 0 Å². The highest BCUT2D eigenvalue weighted by atomic mass is 16.4. The fourth-order valence-electron chi connectivity index (χ4n) is 5.21. The molecule has 5 rings (SSSR count). The smallest absolute Gasteiger partial charge is 0.307 e. The number of carbonyl (C=O) groups excluding carboxylic acids is 2. The molecule has 2 bridgehead atoms. The molecule has 0 aromatic heterocycles. The Kier molecular flexibility index (Phi) is 4.89. The Morgan fingerprint density at radius 2 is 1.44 bits per heavy atom. The molecule has 3 aliphatic carbocycles. The summed E-state index contributed by atoms with van der Waals surface area (Å²) in [4.78, 5) is 38.8. The minimum atomic E-state index is -0.851. The molecule has 4 fully saturated rings. The lowest BCUT2D eigenvalue weighted by Gasteiger charge is -2.45.